The number of rotatable bonds is 9. The van der Waals surface area contributed by atoms with Crippen LogP contribution in [0, 0.1) is 5.82 Å². The average molecular weight is 452 g/mol. The lowest BCUT2D eigenvalue weighted by molar-refractivity contribution is -0.119. The van der Waals surface area contributed by atoms with Crippen LogP contribution in [0.5, 0.6) is 11.5 Å². The van der Waals surface area contributed by atoms with Crippen molar-refractivity contribution in [2.75, 3.05) is 14.2 Å². The number of halogens is 1. The standard InChI is InChI=1S/C24H22FN3O3S/c1-30-20-8-5-17(23(12-20)31-2)11-19(29)14-28-22-13-26-10-9-21(22)27-24(28)32-15-16-3-6-18(25)7-4-16/h3-10,12-13H,11,14-15H2,1-2H3. The SMILES string of the molecule is COc1ccc(CC(=O)Cn2c(SCc3ccc(F)cc3)nc3ccncc32)c(OC)c1. The Kier molecular flexibility index (Phi) is 6.70. The van der Waals surface area contributed by atoms with Crippen LogP contribution in [0.15, 0.2) is 66.1 Å². The molecule has 0 bridgehead atoms. The van der Waals surface area contributed by atoms with Gasteiger partial charge in [-0.2, -0.15) is 0 Å². The highest BCUT2D eigenvalue weighted by molar-refractivity contribution is 7.98. The molecule has 0 aliphatic carbocycles. The van der Waals surface area contributed by atoms with Gasteiger partial charge in [0.2, 0.25) is 0 Å². The average Bonchev–Trinajstić information content (AvgIpc) is 3.16. The highest BCUT2D eigenvalue weighted by Gasteiger charge is 2.17. The van der Waals surface area contributed by atoms with E-state index < -0.39 is 0 Å². The quantitative estimate of drug-likeness (QED) is 0.344. The Labute approximate surface area is 189 Å². The number of Topliss-reactive ketones (excluding diaryl/α,β-unsaturated/α-hetero) is 1. The number of methoxy groups -OCH3 is 2. The fourth-order valence-corrected chi connectivity index (χ4v) is 4.35. The molecule has 0 atom stereocenters. The number of thioether (sulfide) groups is 1. The third kappa shape index (κ3) is 4.91. The zero-order valence-corrected chi connectivity index (χ0v) is 18.6. The van der Waals surface area contributed by atoms with Crippen molar-refractivity contribution in [3.05, 3.63) is 77.9 Å². The minimum absolute atomic E-state index is 0.0141. The largest absolute Gasteiger partial charge is 0.497 e. The Hall–Kier alpha value is -3.39. The van der Waals surface area contributed by atoms with Gasteiger partial charge in [-0.3, -0.25) is 9.78 Å². The van der Waals surface area contributed by atoms with E-state index in [9.17, 15) is 9.18 Å². The summed E-state index contributed by atoms with van der Waals surface area (Å²) in [5.41, 5.74) is 3.34. The summed E-state index contributed by atoms with van der Waals surface area (Å²) >= 11 is 1.50. The van der Waals surface area contributed by atoms with Crippen molar-refractivity contribution in [2.24, 2.45) is 0 Å². The van der Waals surface area contributed by atoms with Crippen LogP contribution in [0.2, 0.25) is 0 Å². The van der Waals surface area contributed by atoms with Crippen LogP contribution in [0.3, 0.4) is 0 Å². The molecule has 32 heavy (non-hydrogen) atoms. The van der Waals surface area contributed by atoms with E-state index in [-0.39, 0.29) is 24.6 Å². The molecule has 0 amide bonds. The van der Waals surface area contributed by atoms with Crippen LogP contribution in [0.1, 0.15) is 11.1 Å². The van der Waals surface area contributed by atoms with Gasteiger partial charge in [-0.25, -0.2) is 9.37 Å². The van der Waals surface area contributed by atoms with E-state index in [2.05, 4.69) is 9.97 Å². The van der Waals surface area contributed by atoms with Gasteiger partial charge in [0.05, 0.1) is 38.0 Å². The number of carbonyl (C=O) groups excluding carboxylic acids is 1. The summed E-state index contributed by atoms with van der Waals surface area (Å²) in [6.45, 7) is 0.156. The topological polar surface area (TPSA) is 66.2 Å². The molecule has 8 heteroatoms. The van der Waals surface area contributed by atoms with Gasteiger partial charge in [0, 0.05) is 30.0 Å². The van der Waals surface area contributed by atoms with E-state index in [1.807, 2.05) is 22.8 Å². The van der Waals surface area contributed by atoms with Crippen LogP contribution in [0.25, 0.3) is 11.0 Å². The lowest BCUT2D eigenvalue weighted by Crippen LogP contribution is -2.14. The predicted octanol–water partition coefficient (Wildman–Crippen LogP) is 4.69. The van der Waals surface area contributed by atoms with E-state index in [0.717, 1.165) is 22.2 Å². The number of nitrogens with zero attached hydrogens (tertiary/aromatic N) is 3. The molecule has 0 fully saturated rings. The van der Waals surface area contributed by atoms with E-state index in [1.54, 1.807) is 44.8 Å². The van der Waals surface area contributed by atoms with Crippen LogP contribution in [0.4, 0.5) is 4.39 Å². The number of pyridine rings is 1. The van der Waals surface area contributed by atoms with Crippen LogP contribution < -0.4 is 9.47 Å². The number of aromatic nitrogens is 3. The molecule has 2 aromatic heterocycles. The molecule has 164 valence electrons. The monoisotopic (exact) mass is 451 g/mol. The molecular formula is C24H22FN3O3S. The molecule has 2 heterocycles. The first-order valence-corrected chi connectivity index (χ1v) is 11.0. The summed E-state index contributed by atoms with van der Waals surface area (Å²) in [5.74, 6) is 1.64. The number of fused-ring (bicyclic) bond motifs is 1. The first kappa shape index (κ1) is 21.8. The second kappa shape index (κ2) is 9.82. The molecule has 0 aliphatic heterocycles. The molecule has 4 rings (SSSR count). The number of benzene rings is 2. The van der Waals surface area contributed by atoms with E-state index >= 15 is 0 Å². The van der Waals surface area contributed by atoms with Gasteiger partial charge < -0.3 is 14.0 Å². The summed E-state index contributed by atoms with van der Waals surface area (Å²) in [6, 6.07) is 13.6. The number of carbonyl (C=O) groups is 1. The summed E-state index contributed by atoms with van der Waals surface area (Å²) in [4.78, 5) is 21.9. The zero-order valence-electron chi connectivity index (χ0n) is 17.7. The van der Waals surface area contributed by atoms with Gasteiger partial charge in [-0.05, 0) is 29.8 Å². The van der Waals surface area contributed by atoms with Gasteiger partial charge in [-0.1, -0.05) is 30.0 Å². The van der Waals surface area contributed by atoms with Gasteiger partial charge in [0.15, 0.2) is 10.9 Å². The smallest absolute Gasteiger partial charge is 0.169 e. The molecule has 0 N–H and O–H groups in total. The van der Waals surface area contributed by atoms with Crippen molar-refractivity contribution in [2.45, 2.75) is 23.9 Å². The molecule has 0 saturated heterocycles. The second-order valence-corrected chi connectivity index (χ2v) is 8.10. The Balaban J connectivity index is 1.55. The van der Waals surface area contributed by atoms with Crippen molar-refractivity contribution in [1.29, 1.82) is 0 Å². The third-order valence-electron chi connectivity index (χ3n) is 5.01. The predicted molar refractivity (Wildman–Crippen MR) is 122 cm³/mol. The van der Waals surface area contributed by atoms with Gasteiger partial charge >= 0.3 is 0 Å². The normalized spacial score (nSPS) is 11.0. The van der Waals surface area contributed by atoms with E-state index in [0.29, 0.717) is 22.4 Å². The molecular weight excluding hydrogens is 429 g/mol. The van der Waals surface area contributed by atoms with Crippen molar-refractivity contribution >= 4 is 28.6 Å². The molecule has 4 aromatic rings. The van der Waals surface area contributed by atoms with Crippen molar-refractivity contribution in [3.8, 4) is 11.5 Å². The number of hydrogen-bond acceptors (Lipinski definition) is 6. The molecule has 6 nitrogen and oxygen atoms in total. The molecule has 0 aliphatic rings. The van der Waals surface area contributed by atoms with Gasteiger partial charge in [0.1, 0.15) is 17.3 Å². The minimum atomic E-state index is -0.267. The molecule has 0 unspecified atom stereocenters. The van der Waals surface area contributed by atoms with Crippen LogP contribution >= 0.6 is 11.8 Å². The number of ether oxygens (including phenoxy) is 2. The maximum Gasteiger partial charge on any atom is 0.169 e. The van der Waals surface area contributed by atoms with E-state index in [4.69, 9.17) is 9.47 Å². The molecule has 2 aromatic carbocycles. The Morgan fingerprint density at radius 3 is 2.66 bits per heavy atom. The van der Waals surface area contributed by atoms with Gasteiger partial charge in [-0.15, -0.1) is 0 Å². The highest BCUT2D eigenvalue weighted by atomic mass is 32.2. The maximum absolute atomic E-state index is 13.2. The first-order valence-electron chi connectivity index (χ1n) is 9.97. The first-order chi connectivity index (χ1) is 15.6. The van der Waals surface area contributed by atoms with Crippen molar-refractivity contribution < 1.29 is 18.7 Å². The Morgan fingerprint density at radius 1 is 1.09 bits per heavy atom. The van der Waals surface area contributed by atoms with Gasteiger partial charge in [0.25, 0.3) is 0 Å². The fraction of sp³-hybridized carbons (Fsp3) is 0.208. The third-order valence-corrected chi connectivity index (χ3v) is 6.06. The number of hydrogen-bond donors (Lipinski definition) is 0. The molecule has 0 spiro atoms. The highest BCUT2D eigenvalue weighted by Crippen LogP contribution is 2.28. The summed E-state index contributed by atoms with van der Waals surface area (Å²) < 4.78 is 25.7. The van der Waals surface area contributed by atoms with Crippen LogP contribution in [-0.2, 0) is 23.5 Å². The molecule has 0 saturated carbocycles. The molecule has 0 radical (unpaired) electrons. The second-order valence-electron chi connectivity index (χ2n) is 7.15. The Morgan fingerprint density at radius 2 is 1.91 bits per heavy atom. The lowest BCUT2D eigenvalue weighted by Gasteiger charge is -2.11. The van der Waals surface area contributed by atoms with Crippen molar-refractivity contribution in [3.63, 3.8) is 0 Å². The number of ketones is 1. The zero-order chi connectivity index (χ0) is 22.5. The number of imidazole rings is 1. The van der Waals surface area contributed by atoms with E-state index in [1.165, 1.54) is 23.9 Å². The maximum atomic E-state index is 13.2. The lowest BCUT2D eigenvalue weighted by atomic mass is 10.1. The fourth-order valence-electron chi connectivity index (χ4n) is 3.38. The van der Waals surface area contributed by atoms with Crippen LogP contribution in [-0.4, -0.2) is 34.5 Å². The summed E-state index contributed by atoms with van der Waals surface area (Å²) in [6.07, 6.45) is 3.61. The minimum Gasteiger partial charge on any atom is -0.497 e. The summed E-state index contributed by atoms with van der Waals surface area (Å²) in [7, 11) is 3.16. The Bertz CT molecular complexity index is 1240. The van der Waals surface area contributed by atoms with Crippen molar-refractivity contribution in [1.82, 2.24) is 14.5 Å². The summed E-state index contributed by atoms with van der Waals surface area (Å²) in [5, 5.41) is 0.715.